The fourth-order valence-electron chi connectivity index (χ4n) is 14.0. The number of ketones is 1. The summed E-state index contributed by atoms with van der Waals surface area (Å²) in [5.74, 6) is -1.94. The van der Waals surface area contributed by atoms with Gasteiger partial charge in [0.25, 0.3) is 8.32 Å². The number of hydrogen-bond acceptors (Lipinski definition) is 11. The van der Waals surface area contributed by atoms with Crippen LogP contribution in [0.25, 0.3) is 0 Å². The fourth-order valence-corrected chi connectivity index (χ4v) is 21.8. The molecular weight excluding hydrogens is 893 g/mol. The van der Waals surface area contributed by atoms with E-state index in [0.29, 0.717) is 12.3 Å². The lowest BCUT2D eigenvalue weighted by atomic mass is 9.41. The molecule has 0 bridgehead atoms. The van der Waals surface area contributed by atoms with Crippen molar-refractivity contribution < 1.29 is 52.3 Å². The summed E-state index contributed by atoms with van der Waals surface area (Å²) in [4.78, 5) is 28.8. The van der Waals surface area contributed by atoms with Crippen LogP contribution in [0.5, 0.6) is 0 Å². The van der Waals surface area contributed by atoms with Crippen molar-refractivity contribution in [3.05, 3.63) is 72.8 Å². The molecule has 3 fully saturated rings. The Hall–Kier alpha value is -2.57. The zero-order chi connectivity index (χ0) is 50.0. The van der Waals surface area contributed by atoms with Gasteiger partial charge in [-0.2, -0.15) is 0 Å². The van der Waals surface area contributed by atoms with Crippen molar-refractivity contribution in [3.63, 3.8) is 0 Å². The van der Waals surface area contributed by atoms with Crippen LogP contribution in [0.4, 0.5) is 0 Å². The Labute approximate surface area is 410 Å². The van der Waals surface area contributed by atoms with Gasteiger partial charge in [-0.25, -0.2) is 0 Å². The van der Waals surface area contributed by atoms with Crippen LogP contribution in [-0.4, -0.2) is 108 Å². The van der Waals surface area contributed by atoms with Crippen molar-refractivity contribution in [1.29, 1.82) is 0 Å². The Morgan fingerprint density at radius 1 is 0.794 bits per heavy atom. The van der Waals surface area contributed by atoms with Crippen molar-refractivity contribution in [2.75, 3.05) is 34.4 Å². The van der Waals surface area contributed by atoms with Gasteiger partial charge in [0.15, 0.2) is 20.2 Å². The summed E-state index contributed by atoms with van der Waals surface area (Å²) in [6, 6.07) is 23.5. The molecule has 2 N–H and O–H groups in total. The molecule has 3 saturated carbocycles. The first-order valence-corrected chi connectivity index (χ1v) is 30.0. The molecule has 0 radical (unpaired) electrons. The Morgan fingerprint density at radius 3 is 1.90 bits per heavy atom. The molecule has 12 atom stereocenters. The SMILES string of the molecule is CC[Si](CC)(CC)O[C@](C)(CO[Si](c1ccccc1)(c1ccccc1)C(C)(C)C)C[C@@H](OC(C)=O)C(=O)[C@@H](C)[C@@]1(O)C=C[C@@]2(O)[C@@H]3CC[C@H]4C[C@@H](OCOC)CC[C@]4(C)[C@H]3C[C@@H](OCOC)[C@@]21C. The molecule has 0 aliphatic heterocycles. The van der Waals surface area contributed by atoms with Gasteiger partial charge in [0, 0.05) is 27.6 Å². The van der Waals surface area contributed by atoms with Crippen LogP contribution in [0.1, 0.15) is 121 Å². The number of methoxy groups -OCH3 is 2. The quantitative estimate of drug-likeness (QED) is 0.0506. The van der Waals surface area contributed by atoms with Crippen molar-refractivity contribution >= 4 is 38.8 Å². The minimum atomic E-state index is -3.10. The van der Waals surface area contributed by atoms with E-state index in [1.165, 1.54) is 6.92 Å². The molecule has 0 saturated heterocycles. The van der Waals surface area contributed by atoms with Gasteiger partial charge in [0.1, 0.15) is 19.2 Å². The predicted molar refractivity (Wildman–Crippen MR) is 272 cm³/mol. The third-order valence-corrected chi connectivity index (χ3v) is 27.9. The molecule has 0 aromatic heterocycles. The molecule has 13 heteroatoms. The molecule has 0 spiro atoms. The van der Waals surface area contributed by atoms with E-state index in [1.54, 1.807) is 33.3 Å². The lowest BCUT2D eigenvalue weighted by Crippen LogP contribution is -2.73. The van der Waals surface area contributed by atoms with Crippen LogP contribution in [0.3, 0.4) is 0 Å². The number of esters is 1. The van der Waals surface area contributed by atoms with Crippen molar-refractivity contribution in [2.45, 2.75) is 179 Å². The van der Waals surface area contributed by atoms with Gasteiger partial charge in [0.2, 0.25) is 0 Å². The van der Waals surface area contributed by atoms with Crippen LogP contribution in [0.15, 0.2) is 72.8 Å². The number of rotatable bonds is 22. The molecule has 11 nitrogen and oxygen atoms in total. The maximum atomic E-state index is 15.6. The first kappa shape index (κ1) is 54.8. The molecule has 380 valence electrons. The number of ether oxygens (including phenoxy) is 5. The number of aliphatic hydroxyl groups is 2. The number of carbonyl (C=O) groups is 2. The van der Waals surface area contributed by atoms with E-state index in [4.69, 9.17) is 32.5 Å². The first-order chi connectivity index (χ1) is 32.0. The van der Waals surface area contributed by atoms with E-state index >= 15 is 4.79 Å². The summed E-state index contributed by atoms with van der Waals surface area (Å²) in [6.45, 7) is 22.9. The van der Waals surface area contributed by atoms with Crippen LogP contribution in [0.2, 0.25) is 23.2 Å². The average molecular weight is 979 g/mol. The Bertz CT molecular complexity index is 1980. The van der Waals surface area contributed by atoms with E-state index in [1.807, 2.05) is 26.0 Å². The number of Topliss-reactive ketones (excluding diaryl/α,β-unsaturated/α-hetero) is 1. The zero-order valence-corrected chi connectivity index (χ0v) is 45.7. The van der Waals surface area contributed by atoms with Crippen molar-refractivity contribution in [1.82, 2.24) is 0 Å². The summed E-state index contributed by atoms with van der Waals surface area (Å²) in [7, 11) is -2.31. The summed E-state index contributed by atoms with van der Waals surface area (Å²) >= 11 is 0. The lowest BCUT2D eigenvalue weighted by Gasteiger charge is -2.66. The van der Waals surface area contributed by atoms with Crippen LogP contribution in [0, 0.1) is 34.5 Å². The van der Waals surface area contributed by atoms with Gasteiger partial charge in [-0.3, -0.25) is 9.59 Å². The molecule has 6 rings (SSSR count). The van der Waals surface area contributed by atoms with Gasteiger partial charge >= 0.3 is 5.97 Å². The second-order valence-corrected chi connectivity index (χ2v) is 31.6. The van der Waals surface area contributed by atoms with E-state index in [9.17, 15) is 15.0 Å². The molecule has 4 aliphatic carbocycles. The number of carbonyl (C=O) groups excluding carboxylic acids is 2. The second kappa shape index (κ2) is 21.3. The maximum absolute atomic E-state index is 15.6. The highest BCUT2D eigenvalue weighted by Crippen LogP contribution is 2.69. The van der Waals surface area contributed by atoms with E-state index < -0.39 is 68.7 Å². The number of fused-ring (bicyclic) bond motifs is 5. The highest BCUT2D eigenvalue weighted by molar-refractivity contribution is 6.99. The van der Waals surface area contributed by atoms with Gasteiger partial charge in [-0.15, -0.1) is 0 Å². The van der Waals surface area contributed by atoms with Crippen LogP contribution < -0.4 is 10.4 Å². The molecule has 2 aromatic rings. The molecule has 0 amide bonds. The molecular formula is C55H86O11Si2. The molecule has 4 aliphatic rings. The minimum Gasteiger partial charge on any atom is -0.454 e. The van der Waals surface area contributed by atoms with Crippen LogP contribution >= 0.6 is 0 Å². The fraction of sp³-hybridized carbons (Fsp3) is 0.709. The van der Waals surface area contributed by atoms with Gasteiger partial charge in [0.05, 0.1) is 41.3 Å². The smallest absolute Gasteiger partial charge is 0.303 e. The monoisotopic (exact) mass is 979 g/mol. The summed E-state index contributed by atoms with van der Waals surface area (Å²) in [6.07, 6.45) is 6.55. The maximum Gasteiger partial charge on any atom is 0.303 e. The summed E-state index contributed by atoms with van der Waals surface area (Å²) in [5, 5.41) is 28.8. The van der Waals surface area contributed by atoms with E-state index in [0.717, 1.165) is 60.6 Å². The topological polar surface area (TPSA) is 139 Å². The first-order valence-electron chi connectivity index (χ1n) is 25.6. The van der Waals surface area contributed by atoms with E-state index in [2.05, 4.69) is 97.0 Å². The molecule has 0 heterocycles. The number of hydrogen-bond donors (Lipinski definition) is 2. The Morgan fingerprint density at radius 2 is 1.37 bits per heavy atom. The Kier molecular flexibility index (Phi) is 17.1. The Balaban J connectivity index is 1.38. The zero-order valence-electron chi connectivity index (χ0n) is 43.7. The third kappa shape index (κ3) is 9.73. The largest absolute Gasteiger partial charge is 0.454 e. The van der Waals surface area contributed by atoms with E-state index in [-0.39, 0.29) is 55.0 Å². The average Bonchev–Trinajstić information content (AvgIpc) is 3.54. The minimum absolute atomic E-state index is 0.00656. The molecule has 2 aromatic carbocycles. The number of benzene rings is 2. The van der Waals surface area contributed by atoms with Gasteiger partial charge in [-0.05, 0) is 102 Å². The molecule has 68 heavy (non-hydrogen) atoms. The van der Waals surface area contributed by atoms with Gasteiger partial charge in [-0.1, -0.05) is 135 Å². The normalized spacial score (nSPS) is 32.3. The highest BCUT2D eigenvalue weighted by atomic mass is 28.4. The predicted octanol–water partition coefficient (Wildman–Crippen LogP) is 9.12. The second-order valence-electron chi connectivity index (χ2n) is 22.6. The standard InChI is InChI=1S/C55H86O11Si2/c1-14-67(15-2,16-3)66-51(9,36-64-68(50(6,7)8,43-23-19-17-20-24-43)44-25-21-18-22-26-44)35-47(65-40(5)56)49(57)39(4)54(58)31-32-55(59)45-28-27-41-33-42(62-37-60-12)29-30-52(41,10)46(45)34-48(53(54,55)11)63-38-61-13/h17-26,31-32,39,41-42,45-48,58-59H,14-16,27-30,33-38H2,1-13H3/t39-,41+,42+,45-,46+,47-,48-,51+,52+,53-,54+,55-/m1/s1. The highest BCUT2D eigenvalue weighted by Gasteiger charge is 2.75. The summed E-state index contributed by atoms with van der Waals surface area (Å²) < 4.78 is 44.7. The van der Waals surface area contributed by atoms with Crippen molar-refractivity contribution in [2.24, 2.45) is 34.5 Å². The van der Waals surface area contributed by atoms with Crippen molar-refractivity contribution in [3.8, 4) is 0 Å². The van der Waals surface area contributed by atoms with Gasteiger partial charge < -0.3 is 42.7 Å². The third-order valence-electron chi connectivity index (χ3n) is 18.1. The van der Waals surface area contributed by atoms with Crippen LogP contribution in [-0.2, 0) is 42.1 Å². The molecule has 0 unspecified atom stereocenters. The summed E-state index contributed by atoms with van der Waals surface area (Å²) in [5.41, 5.74) is -6.01. The lowest BCUT2D eigenvalue weighted by molar-refractivity contribution is -0.289.